The lowest BCUT2D eigenvalue weighted by Gasteiger charge is -2.29. The molecule has 1 rings (SSSR count). The fraction of sp³-hybridized carbons (Fsp3) is 0.923. The molecule has 0 spiro atoms. The number of carbonyl (C=O) groups excluding carboxylic acids is 1. The Hall–Kier alpha value is -0.610. The van der Waals surface area contributed by atoms with E-state index in [4.69, 9.17) is 0 Å². The van der Waals surface area contributed by atoms with Crippen LogP contribution in [0.15, 0.2) is 0 Å². The zero-order chi connectivity index (χ0) is 13.1. The van der Waals surface area contributed by atoms with Crippen LogP contribution in [-0.2, 0) is 4.79 Å². The molecule has 1 amide bonds. The van der Waals surface area contributed by atoms with E-state index in [0.717, 1.165) is 32.5 Å². The van der Waals surface area contributed by atoms with Crippen LogP contribution in [0.4, 0.5) is 0 Å². The lowest BCUT2D eigenvalue weighted by Crippen LogP contribution is -2.46. The summed E-state index contributed by atoms with van der Waals surface area (Å²) in [5.41, 5.74) is 0.0854. The average Bonchev–Trinajstić information content (AvgIpc) is 2.30. The Bertz CT molecular complexity index is 266. The van der Waals surface area contributed by atoms with Gasteiger partial charge in [0.25, 0.3) is 0 Å². The first-order chi connectivity index (χ1) is 7.91. The van der Waals surface area contributed by atoms with E-state index in [-0.39, 0.29) is 24.0 Å². The monoisotopic (exact) mass is 242 g/mol. The number of hydrogen-bond acceptors (Lipinski definition) is 3. The molecule has 4 nitrogen and oxygen atoms in total. The van der Waals surface area contributed by atoms with Gasteiger partial charge in [0, 0.05) is 19.6 Å². The summed E-state index contributed by atoms with van der Waals surface area (Å²) in [7, 11) is 1.92. The van der Waals surface area contributed by atoms with Gasteiger partial charge in [-0.25, -0.2) is 0 Å². The summed E-state index contributed by atoms with van der Waals surface area (Å²) in [4.78, 5) is 16.2. The Labute approximate surface area is 105 Å². The molecule has 1 heterocycles. The van der Waals surface area contributed by atoms with Crippen LogP contribution in [0.25, 0.3) is 0 Å². The Balaban J connectivity index is 2.84. The van der Waals surface area contributed by atoms with E-state index in [0.29, 0.717) is 0 Å². The highest BCUT2D eigenvalue weighted by Gasteiger charge is 2.37. The van der Waals surface area contributed by atoms with Crippen molar-refractivity contribution in [3.8, 4) is 0 Å². The first kappa shape index (κ1) is 14.5. The lowest BCUT2D eigenvalue weighted by molar-refractivity contribution is -0.136. The SMILES string of the molecule is CCCCN1CC(C)(C)CN(C)C(CO)C1=O. The van der Waals surface area contributed by atoms with Gasteiger partial charge in [-0.3, -0.25) is 9.69 Å². The van der Waals surface area contributed by atoms with Gasteiger partial charge in [-0.2, -0.15) is 0 Å². The Kier molecular flexibility index (Phi) is 4.95. The summed E-state index contributed by atoms with van der Waals surface area (Å²) in [6, 6.07) is -0.367. The highest BCUT2D eigenvalue weighted by Crippen LogP contribution is 2.24. The zero-order valence-electron chi connectivity index (χ0n) is 11.6. The predicted octanol–water partition coefficient (Wildman–Crippen LogP) is 0.948. The molecule has 17 heavy (non-hydrogen) atoms. The van der Waals surface area contributed by atoms with E-state index in [1.165, 1.54) is 0 Å². The maximum Gasteiger partial charge on any atom is 0.242 e. The third kappa shape index (κ3) is 3.68. The number of nitrogens with zero attached hydrogens (tertiary/aromatic N) is 2. The van der Waals surface area contributed by atoms with Crippen LogP contribution in [0.5, 0.6) is 0 Å². The summed E-state index contributed by atoms with van der Waals surface area (Å²) in [6.07, 6.45) is 2.12. The Morgan fingerprint density at radius 2 is 2.06 bits per heavy atom. The van der Waals surface area contributed by atoms with Gasteiger partial charge in [-0.1, -0.05) is 27.2 Å². The first-order valence-corrected chi connectivity index (χ1v) is 6.51. The molecule has 1 aliphatic heterocycles. The number of aliphatic hydroxyl groups is 1. The number of rotatable bonds is 4. The van der Waals surface area contributed by atoms with Crippen molar-refractivity contribution in [3.63, 3.8) is 0 Å². The van der Waals surface area contributed by atoms with Crippen molar-refractivity contribution in [1.82, 2.24) is 9.80 Å². The van der Waals surface area contributed by atoms with E-state index < -0.39 is 0 Å². The molecular formula is C13H26N2O2. The van der Waals surface area contributed by atoms with Gasteiger partial charge in [0.1, 0.15) is 6.04 Å². The van der Waals surface area contributed by atoms with Crippen molar-refractivity contribution < 1.29 is 9.90 Å². The summed E-state index contributed by atoms with van der Waals surface area (Å²) in [6.45, 7) is 8.82. The Morgan fingerprint density at radius 3 is 2.59 bits per heavy atom. The molecule has 0 aliphatic carbocycles. The maximum absolute atomic E-state index is 12.3. The van der Waals surface area contributed by atoms with Crippen molar-refractivity contribution in [3.05, 3.63) is 0 Å². The van der Waals surface area contributed by atoms with Gasteiger partial charge in [0.15, 0.2) is 0 Å². The average molecular weight is 242 g/mol. The van der Waals surface area contributed by atoms with E-state index in [1.807, 2.05) is 16.8 Å². The van der Waals surface area contributed by atoms with Gasteiger partial charge in [0.05, 0.1) is 6.61 Å². The number of likely N-dealkylation sites (N-methyl/N-ethyl adjacent to an activating group) is 1. The molecule has 1 saturated heterocycles. The van der Waals surface area contributed by atoms with Gasteiger partial charge in [-0.05, 0) is 18.9 Å². The van der Waals surface area contributed by atoms with E-state index in [2.05, 4.69) is 20.8 Å². The fourth-order valence-electron chi connectivity index (χ4n) is 2.58. The smallest absolute Gasteiger partial charge is 0.242 e. The summed E-state index contributed by atoms with van der Waals surface area (Å²) in [5.74, 6) is 0.0778. The highest BCUT2D eigenvalue weighted by molar-refractivity contribution is 5.82. The molecule has 0 bridgehead atoms. The number of hydrogen-bond donors (Lipinski definition) is 1. The van der Waals surface area contributed by atoms with Crippen LogP contribution >= 0.6 is 0 Å². The van der Waals surface area contributed by atoms with Crippen molar-refractivity contribution in [2.24, 2.45) is 5.41 Å². The maximum atomic E-state index is 12.3. The molecule has 0 saturated carbocycles. The molecule has 4 heteroatoms. The first-order valence-electron chi connectivity index (χ1n) is 6.51. The van der Waals surface area contributed by atoms with E-state index in [9.17, 15) is 9.90 Å². The van der Waals surface area contributed by atoms with Crippen molar-refractivity contribution in [2.45, 2.75) is 39.7 Å². The quantitative estimate of drug-likeness (QED) is 0.798. The normalized spacial score (nSPS) is 26.1. The molecular weight excluding hydrogens is 216 g/mol. The molecule has 1 unspecified atom stereocenters. The van der Waals surface area contributed by atoms with E-state index >= 15 is 0 Å². The fourth-order valence-corrected chi connectivity index (χ4v) is 2.58. The van der Waals surface area contributed by atoms with Crippen molar-refractivity contribution >= 4 is 5.91 Å². The molecule has 1 fully saturated rings. The van der Waals surface area contributed by atoms with Crippen LogP contribution < -0.4 is 0 Å². The third-order valence-electron chi connectivity index (χ3n) is 3.38. The largest absolute Gasteiger partial charge is 0.394 e. The minimum atomic E-state index is -0.367. The van der Waals surface area contributed by atoms with Crippen LogP contribution in [0, 0.1) is 5.41 Å². The lowest BCUT2D eigenvalue weighted by atomic mass is 9.92. The van der Waals surface area contributed by atoms with Crippen molar-refractivity contribution in [1.29, 1.82) is 0 Å². The topological polar surface area (TPSA) is 43.8 Å². The molecule has 0 aromatic heterocycles. The van der Waals surface area contributed by atoms with Gasteiger partial charge in [0.2, 0.25) is 5.91 Å². The third-order valence-corrected chi connectivity index (χ3v) is 3.38. The molecule has 0 radical (unpaired) electrons. The second-order valence-electron chi connectivity index (χ2n) is 5.89. The summed E-state index contributed by atoms with van der Waals surface area (Å²) < 4.78 is 0. The molecule has 0 aromatic rings. The molecule has 0 aromatic carbocycles. The number of unbranched alkanes of at least 4 members (excludes halogenated alkanes) is 1. The molecule has 1 aliphatic rings. The van der Waals surface area contributed by atoms with Crippen LogP contribution in [0.3, 0.4) is 0 Å². The minimum Gasteiger partial charge on any atom is -0.394 e. The Morgan fingerprint density at radius 1 is 1.41 bits per heavy atom. The highest BCUT2D eigenvalue weighted by atomic mass is 16.3. The second kappa shape index (κ2) is 5.83. The number of amides is 1. The van der Waals surface area contributed by atoms with Crippen LogP contribution in [-0.4, -0.2) is 60.1 Å². The van der Waals surface area contributed by atoms with Gasteiger partial charge >= 0.3 is 0 Å². The van der Waals surface area contributed by atoms with Crippen molar-refractivity contribution in [2.75, 3.05) is 33.3 Å². The predicted molar refractivity (Wildman–Crippen MR) is 68.8 cm³/mol. The van der Waals surface area contributed by atoms with Gasteiger partial charge < -0.3 is 10.0 Å². The van der Waals surface area contributed by atoms with E-state index in [1.54, 1.807) is 0 Å². The number of carbonyl (C=O) groups is 1. The van der Waals surface area contributed by atoms with Gasteiger partial charge in [-0.15, -0.1) is 0 Å². The minimum absolute atomic E-state index is 0.0778. The molecule has 1 N–H and O–H groups in total. The molecule has 100 valence electrons. The summed E-state index contributed by atoms with van der Waals surface area (Å²) in [5, 5.41) is 9.38. The van der Waals surface area contributed by atoms with Crippen LogP contribution in [0.1, 0.15) is 33.6 Å². The molecule has 1 atom stereocenters. The summed E-state index contributed by atoms with van der Waals surface area (Å²) >= 11 is 0. The second-order valence-corrected chi connectivity index (χ2v) is 5.89. The zero-order valence-corrected chi connectivity index (χ0v) is 11.6. The number of aliphatic hydroxyl groups excluding tert-OH is 1. The van der Waals surface area contributed by atoms with Crippen LogP contribution in [0.2, 0.25) is 0 Å². The standard InChI is InChI=1S/C13H26N2O2/c1-5-6-7-15-10-13(2,3)9-14(4)11(8-16)12(15)17/h11,16H,5-10H2,1-4H3.